The van der Waals surface area contributed by atoms with Crippen molar-refractivity contribution in [3.05, 3.63) is 45.2 Å². The molecule has 0 aliphatic carbocycles. The van der Waals surface area contributed by atoms with Crippen LogP contribution in [0.3, 0.4) is 0 Å². The molecule has 0 atom stereocenters. The maximum absolute atomic E-state index is 12.3. The molecule has 2 heterocycles. The lowest BCUT2D eigenvalue weighted by atomic mass is 10.1. The molecule has 2 N–H and O–H groups in total. The number of ether oxygens (including phenoxy) is 2. The maximum Gasteiger partial charge on any atom is 0.261 e. The van der Waals surface area contributed by atoms with Crippen LogP contribution < -0.4 is 10.9 Å². The van der Waals surface area contributed by atoms with Gasteiger partial charge in [0.25, 0.3) is 11.5 Å². The smallest absolute Gasteiger partial charge is 0.261 e. The van der Waals surface area contributed by atoms with Crippen molar-refractivity contribution in [1.29, 1.82) is 0 Å². The number of rotatable bonds is 4. The zero-order chi connectivity index (χ0) is 17.3. The first-order chi connectivity index (χ1) is 11.4. The molecule has 3 rings (SSSR count). The molecule has 1 fully saturated rings. The van der Waals surface area contributed by atoms with Gasteiger partial charge >= 0.3 is 0 Å². The highest BCUT2D eigenvalue weighted by Crippen LogP contribution is 2.22. The third-order valence-electron chi connectivity index (χ3n) is 4.30. The van der Waals surface area contributed by atoms with Crippen LogP contribution in [0.25, 0.3) is 10.9 Å². The number of hydrogen-bond acceptors (Lipinski definition) is 4. The summed E-state index contributed by atoms with van der Waals surface area (Å²) in [4.78, 5) is 27.4. The van der Waals surface area contributed by atoms with E-state index in [1.54, 1.807) is 6.07 Å². The monoisotopic (exact) mass is 330 g/mol. The SMILES string of the molecule is Cc1cc(C)c2[nH]c(=O)c(C(=O)NCCC3(C)OCCO3)cc2c1. The van der Waals surface area contributed by atoms with Gasteiger partial charge in [0, 0.05) is 13.0 Å². The Morgan fingerprint density at radius 2 is 1.96 bits per heavy atom. The highest BCUT2D eigenvalue weighted by atomic mass is 16.7. The van der Waals surface area contributed by atoms with E-state index in [1.807, 2.05) is 32.9 Å². The molecular formula is C18H22N2O4. The normalized spacial score (nSPS) is 16.5. The van der Waals surface area contributed by atoms with Crippen LogP contribution in [0.15, 0.2) is 23.0 Å². The minimum atomic E-state index is -0.655. The van der Waals surface area contributed by atoms with Crippen molar-refractivity contribution in [2.24, 2.45) is 0 Å². The van der Waals surface area contributed by atoms with Gasteiger partial charge in [0.1, 0.15) is 5.56 Å². The van der Waals surface area contributed by atoms with Gasteiger partial charge in [-0.3, -0.25) is 9.59 Å². The summed E-state index contributed by atoms with van der Waals surface area (Å²) in [5, 5.41) is 3.62. The van der Waals surface area contributed by atoms with Crippen LogP contribution in [0.1, 0.15) is 34.8 Å². The fraction of sp³-hybridized carbons (Fsp3) is 0.444. The summed E-state index contributed by atoms with van der Waals surface area (Å²) in [6.07, 6.45) is 0.530. The molecule has 0 bridgehead atoms. The summed E-state index contributed by atoms with van der Waals surface area (Å²) < 4.78 is 11.0. The topological polar surface area (TPSA) is 80.4 Å². The summed E-state index contributed by atoms with van der Waals surface area (Å²) in [6, 6.07) is 5.60. The average molecular weight is 330 g/mol. The third kappa shape index (κ3) is 3.34. The Balaban J connectivity index is 1.77. The van der Waals surface area contributed by atoms with E-state index >= 15 is 0 Å². The van der Waals surface area contributed by atoms with Crippen molar-refractivity contribution >= 4 is 16.8 Å². The van der Waals surface area contributed by atoms with Crippen LogP contribution in [0.5, 0.6) is 0 Å². The van der Waals surface area contributed by atoms with Gasteiger partial charge in [-0.1, -0.05) is 11.6 Å². The van der Waals surface area contributed by atoms with Gasteiger partial charge in [0.05, 0.1) is 18.7 Å². The van der Waals surface area contributed by atoms with E-state index in [4.69, 9.17) is 9.47 Å². The number of aromatic amines is 1. The molecular weight excluding hydrogens is 308 g/mol. The first kappa shape index (κ1) is 16.7. The number of amides is 1. The minimum absolute atomic E-state index is 0.117. The molecule has 1 aliphatic rings. The van der Waals surface area contributed by atoms with Crippen molar-refractivity contribution in [3.8, 4) is 0 Å². The maximum atomic E-state index is 12.3. The Morgan fingerprint density at radius 1 is 1.25 bits per heavy atom. The van der Waals surface area contributed by atoms with Crippen molar-refractivity contribution in [1.82, 2.24) is 10.3 Å². The fourth-order valence-corrected chi connectivity index (χ4v) is 3.06. The fourth-order valence-electron chi connectivity index (χ4n) is 3.06. The Hall–Kier alpha value is -2.18. The van der Waals surface area contributed by atoms with Crippen LogP contribution >= 0.6 is 0 Å². The predicted octanol–water partition coefficient (Wildman–Crippen LogP) is 2.03. The predicted molar refractivity (Wildman–Crippen MR) is 91.3 cm³/mol. The lowest BCUT2D eigenvalue weighted by Gasteiger charge is -2.22. The standard InChI is InChI=1S/C18H22N2O4/c1-11-8-12(2)15-13(9-11)10-14(17(22)20-15)16(21)19-5-4-18(3)23-6-7-24-18/h8-10H,4-7H2,1-3H3,(H,19,21)(H,20,22). The molecule has 1 aromatic heterocycles. The van der Waals surface area contributed by atoms with Crippen molar-refractivity contribution in [2.75, 3.05) is 19.8 Å². The molecule has 128 valence electrons. The van der Waals surface area contributed by atoms with Crippen LogP contribution in [0, 0.1) is 13.8 Å². The van der Waals surface area contributed by atoms with Crippen LogP contribution in [0.4, 0.5) is 0 Å². The zero-order valence-electron chi connectivity index (χ0n) is 14.2. The second kappa shape index (κ2) is 6.37. The largest absolute Gasteiger partial charge is 0.352 e. The summed E-state index contributed by atoms with van der Waals surface area (Å²) in [7, 11) is 0. The van der Waals surface area contributed by atoms with E-state index in [2.05, 4.69) is 10.3 Å². The van der Waals surface area contributed by atoms with Gasteiger partial charge in [-0.2, -0.15) is 0 Å². The highest BCUT2D eigenvalue weighted by Gasteiger charge is 2.30. The molecule has 6 heteroatoms. The number of nitrogens with one attached hydrogen (secondary N) is 2. The first-order valence-corrected chi connectivity index (χ1v) is 8.08. The number of fused-ring (bicyclic) bond motifs is 1. The number of hydrogen-bond donors (Lipinski definition) is 2. The number of aryl methyl sites for hydroxylation is 2. The lowest BCUT2D eigenvalue weighted by molar-refractivity contribution is -0.145. The van der Waals surface area contributed by atoms with Crippen molar-refractivity contribution in [3.63, 3.8) is 0 Å². The van der Waals surface area contributed by atoms with Gasteiger partial charge < -0.3 is 19.8 Å². The number of aromatic nitrogens is 1. The Labute approximate surface area is 140 Å². The minimum Gasteiger partial charge on any atom is -0.352 e. The summed E-state index contributed by atoms with van der Waals surface area (Å²) in [5.74, 6) is -1.05. The molecule has 0 unspecified atom stereocenters. The van der Waals surface area contributed by atoms with Crippen LogP contribution in [0.2, 0.25) is 0 Å². The molecule has 0 spiro atoms. The number of carbonyl (C=O) groups is 1. The zero-order valence-corrected chi connectivity index (χ0v) is 14.2. The third-order valence-corrected chi connectivity index (χ3v) is 4.30. The van der Waals surface area contributed by atoms with Crippen LogP contribution in [-0.2, 0) is 9.47 Å². The molecule has 1 aliphatic heterocycles. The summed E-state index contributed by atoms with van der Waals surface area (Å²) in [6.45, 7) is 7.27. The molecule has 24 heavy (non-hydrogen) atoms. The molecule has 2 aromatic rings. The molecule has 6 nitrogen and oxygen atoms in total. The highest BCUT2D eigenvalue weighted by molar-refractivity contribution is 5.97. The van der Waals surface area contributed by atoms with E-state index < -0.39 is 5.79 Å². The van der Waals surface area contributed by atoms with E-state index in [1.165, 1.54) is 0 Å². The summed E-state index contributed by atoms with van der Waals surface area (Å²) in [5.41, 5.74) is 2.57. The van der Waals surface area contributed by atoms with Gasteiger partial charge in [-0.25, -0.2) is 0 Å². The average Bonchev–Trinajstić information content (AvgIpc) is 2.94. The number of carbonyl (C=O) groups excluding carboxylic acids is 1. The Kier molecular flexibility index (Phi) is 4.43. The Morgan fingerprint density at radius 3 is 2.67 bits per heavy atom. The number of H-pyrrole nitrogens is 1. The van der Waals surface area contributed by atoms with E-state index in [0.29, 0.717) is 26.2 Å². The molecule has 1 amide bonds. The van der Waals surface area contributed by atoms with Crippen molar-refractivity contribution < 1.29 is 14.3 Å². The van der Waals surface area contributed by atoms with E-state index in [-0.39, 0.29) is 17.0 Å². The van der Waals surface area contributed by atoms with Gasteiger partial charge in [-0.15, -0.1) is 0 Å². The molecule has 1 saturated heterocycles. The molecule has 0 radical (unpaired) electrons. The van der Waals surface area contributed by atoms with Crippen molar-refractivity contribution in [2.45, 2.75) is 33.0 Å². The lowest BCUT2D eigenvalue weighted by Crippen LogP contribution is -2.35. The van der Waals surface area contributed by atoms with E-state index in [0.717, 1.165) is 22.0 Å². The number of benzene rings is 1. The van der Waals surface area contributed by atoms with Gasteiger partial charge in [-0.05, 0) is 43.9 Å². The molecule has 0 saturated carbocycles. The van der Waals surface area contributed by atoms with Gasteiger partial charge in [0.2, 0.25) is 0 Å². The van der Waals surface area contributed by atoms with E-state index in [9.17, 15) is 9.59 Å². The van der Waals surface area contributed by atoms with Gasteiger partial charge in [0.15, 0.2) is 5.79 Å². The molecule has 1 aromatic carbocycles. The second-order valence-electron chi connectivity index (χ2n) is 6.39. The second-order valence-corrected chi connectivity index (χ2v) is 6.39. The van der Waals surface area contributed by atoms with Crippen LogP contribution in [-0.4, -0.2) is 36.4 Å². The Bertz CT molecular complexity index is 835. The first-order valence-electron chi connectivity index (χ1n) is 8.08. The summed E-state index contributed by atoms with van der Waals surface area (Å²) >= 11 is 0. The number of pyridine rings is 1. The quantitative estimate of drug-likeness (QED) is 0.899.